The van der Waals surface area contributed by atoms with Crippen LogP contribution in [-0.4, -0.2) is 102 Å². The Kier molecular flexibility index (Phi) is 8.77. The third-order valence-corrected chi connectivity index (χ3v) is 7.00. The molecule has 14 heteroatoms. The molecule has 0 radical (unpaired) electrons. The molecule has 1 aromatic heterocycles. The summed E-state index contributed by atoms with van der Waals surface area (Å²) in [6.07, 6.45) is 1.26. The summed E-state index contributed by atoms with van der Waals surface area (Å²) < 4.78 is 22.0. The maximum atomic E-state index is 12.7. The molecule has 40 heavy (non-hydrogen) atoms. The lowest BCUT2D eigenvalue weighted by molar-refractivity contribution is -0.149. The van der Waals surface area contributed by atoms with Crippen LogP contribution in [-0.2, 0) is 23.8 Å². The summed E-state index contributed by atoms with van der Waals surface area (Å²) in [6.45, 7) is 8.05. The highest BCUT2D eigenvalue weighted by molar-refractivity contribution is 8.18. The minimum absolute atomic E-state index is 0.167. The zero-order valence-corrected chi connectivity index (χ0v) is 23.1. The summed E-state index contributed by atoms with van der Waals surface area (Å²) in [6, 6.07) is 7.12. The lowest BCUT2D eigenvalue weighted by Gasteiger charge is -2.30. The number of esters is 1. The van der Waals surface area contributed by atoms with Crippen molar-refractivity contribution in [1.82, 2.24) is 19.9 Å². The van der Waals surface area contributed by atoms with E-state index in [4.69, 9.17) is 18.9 Å². The van der Waals surface area contributed by atoms with Crippen LogP contribution < -0.4 is 14.5 Å². The van der Waals surface area contributed by atoms with Gasteiger partial charge >= 0.3 is 12.0 Å². The standard InChI is InChI=1S/C26H30N6O7S/c1-17(2)38-21(33)16-32-22(34)20(40-26(32)35)15-18-3-5-19(6-4-18)39-25-28-23(30-7-11-36-12-8-30)27-24(29-25)31-9-13-37-14-10-31/h3-6,15,17H,7-14,16H2,1-2H3/b20-15-. The molecule has 1 aromatic carbocycles. The Morgan fingerprint density at radius 2 is 1.52 bits per heavy atom. The first-order chi connectivity index (χ1) is 19.4. The van der Waals surface area contributed by atoms with Crippen LogP contribution in [0.5, 0.6) is 11.8 Å². The highest BCUT2D eigenvalue weighted by atomic mass is 32.2. The largest absolute Gasteiger partial charge is 0.462 e. The van der Waals surface area contributed by atoms with Crippen LogP contribution in [0.25, 0.3) is 6.08 Å². The van der Waals surface area contributed by atoms with Gasteiger partial charge in [-0.05, 0) is 49.4 Å². The molecule has 0 aliphatic carbocycles. The maximum absolute atomic E-state index is 12.7. The molecule has 212 valence electrons. The quantitative estimate of drug-likeness (QED) is 0.339. The first-order valence-electron chi connectivity index (χ1n) is 13.0. The van der Waals surface area contributed by atoms with Crippen LogP contribution in [0.2, 0.25) is 0 Å². The number of imide groups is 1. The van der Waals surface area contributed by atoms with E-state index in [1.165, 1.54) is 0 Å². The summed E-state index contributed by atoms with van der Waals surface area (Å²) >= 11 is 0.780. The summed E-state index contributed by atoms with van der Waals surface area (Å²) in [5.41, 5.74) is 0.682. The van der Waals surface area contributed by atoms with E-state index in [-0.39, 0.29) is 17.0 Å². The van der Waals surface area contributed by atoms with Crippen molar-refractivity contribution in [3.05, 3.63) is 34.7 Å². The predicted octanol–water partition coefficient (Wildman–Crippen LogP) is 2.33. The highest BCUT2D eigenvalue weighted by Gasteiger charge is 2.36. The number of ether oxygens (including phenoxy) is 4. The van der Waals surface area contributed by atoms with E-state index in [9.17, 15) is 14.4 Å². The van der Waals surface area contributed by atoms with Crippen molar-refractivity contribution in [2.75, 3.05) is 69.0 Å². The molecule has 0 N–H and O–H groups in total. The van der Waals surface area contributed by atoms with E-state index in [1.807, 2.05) is 9.80 Å². The number of nitrogens with zero attached hydrogens (tertiary/aromatic N) is 6. The second-order valence-electron chi connectivity index (χ2n) is 9.39. The minimum atomic E-state index is -0.632. The summed E-state index contributed by atoms with van der Waals surface area (Å²) in [4.78, 5) is 55.9. The molecular formula is C26H30N6O7S. The lowest BCUT2D eigenvalue weighted by atomic mass is 10.2. The van der Waals surface area contributed by atoms with Crippen molar-refractivity contribution >= 4 is 46.9 Å². The number of benzene rings is 1. The summed E-state index contributed by atoms with van der Waals surface area (Å²) in [5.74, 6) is 0.381. The average Bonchev–Trinajstić information content (AvgIpc) is 3.21. The fourth-order valence-corrected chi connectivity index (χ4v) is 4.98. The Balaban J connectivity index is 1.29. The molecule has 13 nitrogen and oxygen atoms in total. The van der Waals surface area contributed by atoms with Gasteiger partial charge in [0, 0.05) is 26.2 Å². The average molecular weight is 571 g/mol. The molecule has 5 rings (SSSR count). The van der Waals surface area contributed by atoms with Gasteiger partial charge in [0.2, 0.25) is 11.9 Å². The molecule has 0 atom stereocenters. The summed E-state index contributed by atoms with van der Waals surface area (Å²) in [5, 5.41) is -0.515. The number of anilines is 2. The van der Waals surface area contributed by atoms with Gasteiger partial charge < -0.3 is 28.7 Å². The number of amides is 2. The molecule has 0 unspecified atom stereocenters. The van der Waals surface area contributed by atoms with Crippen molar-refractivity contribution in [2.24, 2.45) is 0 Å². The van der Waals surface area contributed by atoms with Gasteiger partial charge in [-0.15, -0.1) is 0 Å². The fourth-order valence-electron chi connectivity index (χ4n) is 4.15. The Hall–Kier alpha value is -3.75. The third kappa shape index (κ3) is 6.87. The van der Waals surface area contributed by atoms with E-state index in [0.29, 0.717) is 75.8 Å². The first-order valence-corrected chi connectivity index (χ1v) is 13.8. The van der Waals surface area contributed by atoms with Crippen LogP contribution >= 0.6 is 11.8 Å². The predicted molar refractivity (Wildman–Crippen MR) is 146 cm³/mol. The molecule has 3 fully saturated rings. The van der Waals surface area contributed by atoms with Gasteiger partial charge in [-0.3, -0.25) is 19.3 Å². The topological polar surface area (TPSA) is 137 Å². The van der Waals surface area contributed by atoms with E-state index >= 15 is 0 Å². The molecule has 3 aliphatic heterocycles. The first kappa shape index (κ1) is 27.8. The van der Waals surface area contributed by atoms with Crippen LogP contribution in [0.3, 0.4) is 0 Å². The normalized spacial score (nSPS) is 19.1. The van der Waals surface area contributed by atoms with Crippen LogP contribution in [0, 0.1) is 0 Å². The number of carbonyl (C=O) groups is 3. The van der Waals surface area contributed by atoms with Gasteiger partial charge in [0.05, 0.1) is 37.4 Å². The molecule has 3 saturated heterocycles. The monoisotopic (exact) mass is 570 g/mol. The molecule has 4 heterocycles. The van der Waals surface area contributed by atoms with Crippen LogP contribution in [0.4, 0.5) is 16.7 Å². The van der Waals surface area contributed by atoms with E-state index < -0.39 is 23.7 Å². The Bertz CT molecular complexity index is 1240. The zero-order valence-electron chi connectivity index (χ0n) is 22.3. The Labute approximate surface area is 235 Å². The second kappa shape index (κ2) is 12.6. The van der Waals surface area contributed by atoms with Crippen molar-refractivity contribution < 1.29 is 33.3 Å². The molecule has 0 saturated carbocycles. The van der Waals surface area contributed by atoms with Gasteiger partial charge in [-0.25, -0.2) is 0 Å². The number of rotatable bonds is 8. The molecule has 0 spiro atoms. The van der Waals surface area contributed by atoms with Crippen molar-refractivity contribution in [1.29, 1.82) is 0 Å². The van der Waals surface area contributed by atoms with Gasteiger partial charge in [0.15, 0.2) is 0 Å². The number of carbonyl (C=O) groups excluding carboxylic acids is 3. The van der Waals surface area contributed by atoms with Crippen molar-refractivity contribution in [3.63, 3.8) is 0 Å². The molecule has 2 amide bonds. The molecular weight excluding hydrogens is 540 g/mol. The number of morpholine rings is 2. The molecule has 0 bridgehead atoms. The molecule has 3 aliphatic rings. The lowest BCUT2D eigenvalue weighted by Crippen LogP contribution is -2.40. The van der Waals surface area contributed by atoms with Crippen LogP contribution in [0.15, 0.2) is 29.2 Å². The van der Waals surface area contributed by atoms with Crippen molar-refractivity contribution in [3.8, 4) is 11.8 Å². The van der Waals surface area contributed by atoms with Crippen LogP contribution in [0.1, 0.15) is 19.4 Å². The second-order valence-corrected chi connectivity index (χ2v) is 10.4. The molecule has 2 aromatic rings. The Morgan fingerprint density at radius 3 is 2.08 bits per heavy atom. The number of hydrogen-bond acceptors (Lipinski definition) is 13. The minimum Gasteiger partial charge on any atom is -0.462 e. The van der Waals surface area contributed by atoms with E-state index in [2.05, 4.69) is 15.0 Å². The number of aromatic nitrogens is 3. The van der Waals surface area contributed by atoms with E-state index in [1.54, 1.807) is 44.2 Å². The van der Waals surface area contributed by atoms with Gasteiger partial charge in [0.25, 0.3) is 11.1 Å². The maximum Gasteiger partial charge on any atom is 0.328 e. The third-order valence-electron chi connectivity index (χ3n) is 6.09. The Morgan fingerprint density at radius 1 is 0.950 bits per heavy atom. The summed E-state index contributed by atoms with van der Waals surface area (Å²) in [7, 11) is 0. The van der Waals surface area contributed by atoms with Gasteiger partial charge in [0.1, 0.15) is 12.3 Å². The SMILES string of the molecule is CC(C)OC(=O)CN1C(=O)S/C(=C\c2ccc(Oc3nc(N4CCOCC4)nc(N4CCOCC4)n3)cc2)C1=O. The fraction of sp³-hybridized carbons (Fsp3) is 0.462. The smallest absolute Gasteiger partial charge is 0.328 e. The van der Waals surface area contributed by atoms with Gasteiger partial charge in [-0.1, -0.05) is 12.1 Å². The van der Waals surface area contributed by atoms with Gasteiger partial charge in [-0.2, -0.15) is 15.0 Å². The number of thioether (sulfide) groups is 1. The number of hydrogen-bond donors (Lipinski definition) is 0. The zero-order chi connectivity index (χ0) is 28.1. The van der Waals surface area contributed by atoms with Crippen molar-refractivity contribution in [2.45, 2.75) is 20.0 Å². The highest BCUT2D eigenvalue weighted by Crippen LogP contribution is 2.32. The van der Waals surface area contributed by atoms with E-state index in [0.717, 1.165) is 16.7 Å².